The number of nitrogens with zero attached hydrogens (tertiary/aromatic N) is 1. The van der Waals surface area contributed by atoms with Crippen LogP contribution in [0.3, 0.4) is 0 Å². The molecule has 5 heteroatoms. The zero-order valence-electron chi connectivity index (χ0n) is 7.39. The summed E-state index contributed by atoms with van der Waals surface area (Å²) in [5.41, 5.74) is 1.83. The van der Waals surface area contributed by atoms with Crippen LogP contribution >= 0.6 is 22.7 Å². The first-order chi connectivity index (χ1) is 6.81. The van der Waals surface area contributed by atoms with Gasteiger partial charge < -0.3 is 4.74 Å². The molecule has 0 N–H and O–H groups in total. The van der Waals surface area contributed by atoms with Crippen LogP contribution in [0.5, 0.6) is 5.06 Å². The van der Waals surface area contributed by atoms with Gasteiger partial charge in [-0.2, -0.15) is 11.3 Å². The molecule has 3 nitrogen and oxygen atoms in total. The van der Waals surface area contributed by atoms with Gasteiger partial charge in [-0.3, -0.25) is 4.79 Å². The molecule has 14 heavy (non-hydrogen) atoms. The molecular weight excluding hydrogens is 218 g/mol. The Morgan fingerprint density at radius 1 is 1.57 bits per heavy atom. The predicted octanol–water partition coefficient (Wildman–Crippen LogP) is 2.72. The fourth-order valence-corrected chi connectivity index (χ4v) is 2.64. The first-order valence-corrected chi connectivity index (χ1v) is 5.67. The lowest BCUT2D eigenvalue weighted by Gasteiger charge is -1.88. The fourth-order valence-electron chi connectivity index (χ4n) is 1.05. The van der Waals surface area contributed by atoms with E-state index in [0.29, 0.717) is 11.5 Å². The van der Waals surface area contributed by atoms with E-state index in [1.54, 1.807) is 11.3 Å². The molecule has 0 spiro atoms. The molecule has 0 aliphatic rings. The van der Waals surface area contributed by atoms with Crippen LogP contribution in [0.15, 0.2) is 16.8 Å². The maximum Gasteiger partial charge on any atom is 0.299 e. The van der Waals surface area contributed by atoms with Crippen molar-refractivity contribution in [1.29, 1.82) is 0 Å². The lowest BCUT2D eigenvalue weighted by Crippen LogP contribution is -1.86. The molecule has 2 aromatic heterocycles. The van der Waals surface area contributed by atoms with E-state index in [9.17, 15) is 4.79 Å². The Kier molecular flexibility index (Phi) is 2.60. The smallest absolute Gasteiger partial charge is 0.299 e. The van der Waals surface area contributed by atoms with Crippen molar-refractivity contribution in [2.75, 3.05) is 0 Å². The van der Waals surface area contributed by atoms with Crippen LogP contribution in [-0.4, -0.2) is 11.5 Å². The summed E-state index contributed by atoms with van der Waals surface area (Å²) in [6, 6.07) is 1.99. The van der Waals surface area contributed by atoms with Crippen molar-refractivity contribution in [3.8, 4) is 15.6 Å². The Labute approximate surface area is 89.0 Å². The van der Waals surface area contributed by atoms with Gasteiger partial charge in [-0.15, -0.1) is 0 Å². The van der Waals surface area contributed by atoms with Gasteiger partial charge in [-0.1, -0.05) is 11.3 Å². The molecule has 0 aliphatic carbocycles. The Hall–Kier alpha value is -1.20. The van der Waals surface area contributed by atoms with E-state index in [1.165, 1.54) is 11.3 Å². The van der Waals surface area contributed by atoms with Crippen LogP contribution in [0.25, 0.3) is 10.6 Å². The fraction of sp³-hybridized carbons (Fsp3) is 0.111. The lowest BCUT2D eigenvalue weighted by molar-refractivity contribution is -0.120. The molecule has 72 valence electrons. The van der Waals surface area contributed by atoms with Crippen molar-refractivity contribution < 1.29 is 9.53 Å². The van der Waals surface area contributed by atoms with E-state index >= 15 is 0 Å². The molecule has 0 fully saturated rings. The highest BCUT2D eigenvalue weighted by atomic mass is 32.1. The summed E-state index contributed by atoms with van der Waals surface area (Å²) >= 11 is 3.00. The topological polar surface area (TPSA) is 39.2 Å². The van der Waals surface area contributed by atoms with Gasteiger partial charge in [0.05, 0.1) is 5.69 Å². The van der Waals surface area contributed by atoms with E-state index in [1.807, 2.05) is 23.8 Å². The van der Waals surface area contributed by atoms with Crippen molar-refractivity contribution in [3.05, 3.63) is 22.5 Å². The summed E-state index contributed by atoms with van der Waals surface area (Å²) in [7, 11) is 0. The van der Waals surface area contributed by atoms with Crippen molar-refractivity contribution in [2.24, 2.45) is 0 Å². The molecule has 0 saturated carbocycles. The molecule has 0 aromatic carbocycles. The number of hydrogen-bond donors (Lipinski definition) is 0. The third-order valence-corrected chi connectivity index (χ3v) is 3.46. The summed E-state index contributed by atoms with van der Waals surface area (Å²) in [5.74, 6) is 0. The standard InChI is InChI=1S/C9H7NO2S2/c1-6-9(12-5-11)14-8(10-6)7-2-3-13-4-7/h2-5H,1H3. The van der Waals surface area contributed by atoms with Crippen molar-refractivity contribution >= 4 is 29.1 Å². The molecule has 2 heterocycles. The van der Waals surface area contributed by atoms with Crippen LogP contribution in [0.2, 0.25) is 0 Å². The summed E-state index contributed by atoms with van der Waals surface area (Å²) in [5, 5.41) is 5.47. The minimum absolute atomic E-state index is 0.428. The third kappa shape index (κ3) is 1.69. The molecule has 2 aromatic rings. The summed E-state index contributed by atoms with van der Waals surface area (Å²) in [6.45, 7) is 2.25. The Morgan fingerprint density at radius 3 is 3.07 bits per heavy atom. The average Bonchev–Trinajstić information content (AvgIpc) is 2.76. The number of thiazole rings is 1. The van der Waals surface area contributed by atoms with E-state index in [-0.39, 0.29) is 0 Å². The number of aromatic nitrogens is 1. The van der Waals surface area contributed by atoms with E-state index < -0.39 is 0 Å². The molecule has 2 rings (SSSR count). The van der Waals surface area contributed by atoms with Crippen molar-refractivity contribution in [2.45, 2.75) is 6.92 Å². The Morgan fingerprint density at radius 2 is 2.43 bits per heavy atom. The molecule has 0 atom stereocenters. The molecular formula is C9H7NO2S2. The highest BCUT2D eigenvalue weighted by molar-refractivity contribution is 7.17. The second-order valence-corrected chi connectivity index (χ2v) is 4.36. The maximum atomic E-state index is 10.2. The number of thiophene rings is 1. The van der Waals surface area contributed by atoms with E-state index in [0.717, 1.165) is 16.3 Å². The monoisotopic (exact) mass is 225 g/mol. The van der Waals surface area contributed by atoms with Gasteiger partial charge in [0.2, 0.25) is 5.06 Å². The van der Waals surface area contributed by atoms with Crippen LogP contribution in [-0.2, 0) is 4.79 Å². The van der Waals surface area contributed by atoms with Crippen LogP contribution in [0.4, 0.5) is 0 Å². The summed E-state index contributed by atoms with van der Waals surface area (Å²) in [4.78, 5) is 14.5. The zero-order chi connectivity index (χ0) is 9.97. The lowest BCUT2D eigenvalue weighted by atomic mass is 10.4. The number of rotatable bonds is 3. The summed E-state index contributed by atoms with van der Waals surface area (Å²) < 4.78 is 4.79. The molecule has 0 saturated heterocycles. The quantitative estimate of drug-likeness (QED) is 0.754. The van der Waals surface area contributed by atoms with Gasteiger partial charge in [0.15, 0.2) is 0 Å². The maximum absolute atomic E-state index is 10.2. The molecule has 0 bridgehead atoms. The highest BCUT2D eigenvalue weighted by Gasteiger charge is 2.10. The van der Waals surface area contributed by atoms with Gasteiger partial charge in [0, 0.05) is 10.9 Å². The van der Waals surface area contributed by atoms with Gasteiger partial charge in [-0.25, -0.2) is 4.98 Å². The SMILES string of the molecule is Cc1nc(-c2ccsc2)sc1OC=O. The van der Waals surface area contributed by atoms with Crippen LogP contribution in [0.1, 0.15) is 5.69 Å². The largest absolute Gasteiger partial charge is 0.416 e. The van der Waals surface area contributed by atoms with Crippen LogP contribution in [0, 0.1) is 6.92 Å². The van der Waals surface area contributed by atoms with Crippen molar-refractivity contribution in [3.63, 3.8) is 0 Å². The Bertz CT molecular complexity index is 434. The van der Waals surface area contributed by atoms with Gasteiger partial charge in [0.25, 0.3) is 6.47 Å². The van der Waals surface area contributed by atoms with Gasteiger partial charge >= 0.3 is 0 Å². The second kappa shape index (κ2) is 3.89. The average molecular weight is 225 g/mol. The third-order valence-electron chi connectivity index (χ3n) is 1.68. The zero-order valence-corrected chi connectivity index (χ0v) is 9.02. The summed E-state index contributed by atoms with van der Waals surface area (Å²) in [6.07, 6.45) is 0. The predicted molar refractivity (Wildman–Crippen MR) is 56.9 cm³/mol. The molecule has 0 amide bonds. The first kappa shape index (κ1) is 9.36. The number of ether oxygens (including phenoxy) is 1. The highest BCUT2D eigenvalue weighted by Crippen LogP contribution is 2.33. The first-order valence-electron chi connectivity index (χ1n) is 3.91. The van der Waals surface area contributed by atoms with E-state index in [2.05, 4.69) is 4.98 Å². The number of carbonyl (C=O) groups is 1. The number of hydrogen-bond acceptors (Lipinski definition) is 5. The molecule has 0 radical (unpaired) electrons. The van der Waals surface area contributed by atoms with Crippen LogP contribution < -0.4 is 4.74 Å². The number of aryl methyl sites for hydroxylation is 1. The Balaban J connectivity index is 2.37. The van der Waals surface area contributed by atoms with Gasteiger partial charge in [-0.05, 0) is 18.4 Å². The normalized spacial score (nSPS) is 10.1. The number of carbonyl (C=O) groups excluding carboxylic acids is 1. The minimum atomic E-state index is 0.428. The molecule has 0 aliphatic heterocycles. The molecule has 0 unspecified atom stereocenters. The minimum Gasteiger partial charge on any atom is -0.416 e. The van der Waals surface area contributed by atoms with Crippen molar-refractivity contribution in [1.82, 2.24) is 4.98 Å². The van der Waals surface area contributed by atoms with Gasteiger partial charge in [0.1, 0.15) is 5.01 Å². The van der Waals surface area contributed by atoms with E-state index in [4.69, 9.17) is 4.74 Å². The second-order valence-electron chi connectivity index (χ2n) is 2.62.